The van der Waals surface area contributed by atoms with Crippen molar-refractivity contribution in [2.45, 2.75) is 52.1 Å². The van der Waals surface area contributed by atoms with E-state index in [1.54, 1.807) is 12.1 Å². The normalized spacial score (nSPS) is 17.5. The fourth-order valence-electron chi connectivity index (χ4n) is 5.14. The minimum absolute atomic E-state index is 0.0992. The summed E-state index contributed by atoms with van der Waals surface area (Å²) in [5.74, 6) is 1.25. The number of nitrogens with zero attached hydrogens (tertiary/aromatic N) is 1. The van der Waals surface area contributed by atoms with Crippen LogP contribution in [0.3, 0.4) is 0 Å². The second-order valence-electron chi connectivity index (χ2n) is 9.96. The van der Waals surface area contributed by atoms with Gasteiger partial charge in [-0.05, 0) is 86.0 Å². The summed E-state index contributed by atoms with van der Waals surface area (Å²) in [6.07, 6.45) is 5.63. The van der Waals surface area contributed by atoms with Crippen LogP contribution in [0.4, 0.5) is 0 Å². The van der Waals surface area contributed by atoms with Crippen LogP contribution in [0.2, 0.25) is 5.02 Å². The van der Waals surface area contributed by atoms with Gasteiger partial charge in [-0.2, -0.15) is 0 Å². The molecule has 3 aromatic rings. The van der Waals surface area contributed by atoms with E-state index in [4.69, 9.17) is 16.3 Å². The fourth-order valence-corrected chi connectivity index (χ4v) is 5.36. The maximum atomic E-state index is 12.5. The van der Waals surface area contributed by atoms with Crippen molar-refractivity contribution in [1.29, 1.82) is 0 Å². The lowest BCUT2D eigenvalue weighted by Gasteiger charge is -2.29. The third-order valence-electron chi connectivity index (χ3n) is 7.47. The zero-order valence-electron chi connectivity index (χ0n) is 22.1. The van der Waals surface area contributed by atoms with Gasteiger partial charge in [0.1, 0.15) is 5.75 Å². The highest BCUT2D eigenvalue weighted by Crippen LogP contribution is 2.33. The first kappa shape index (κ1) is 27.2. The van der Waals surface area contributed by atoms with Crippen molar-refractivity contribution in [3.63, 3.8) is 0 Å². The lowest BCUT2D eigenvalue weighted by molar-refractivity contribution is 0.0948. The third-order valence-corrected chi connectivity index (χ3v) is 7.77. The maximum Gasteiger partial charge on any atom is 0.251 e. The molecule has 0 aromatic heterocycles. The van der Waals surface area contributed by atoms with Crippen LogP contribution in [0, 0.1) is 5.92 Å². The predicted octanol–water partition coefficient (Wildman–Crippen LogP) is 7.26. The van der Waals surface area contributed by atoms with Crippen molar-refractivity contribution in [2.24, 2.45) is 5.92 Å². The number of carbonyl (C=O) groups is 1. The fraction of sp³-hybridized carbons (Fsp3) is 0.406. The molecule has 196 valence electrons. The number of halogens is 1. The van der Waals surface area contributed by atoms with Crippen LogP contribution in [0.25, 0.3) is 11.1 Å². The number of nitrogens with one attached hydrogen (secondary N) is 1. The second-order valence-corrected chi connectivity index (χ2v) is 10.4. The molecule has 4 nitrogen and oxygen atoms in total. The molecule has 1 aliphatic rings. The largest absolute Gasteiger partial charge is 0.489 e. The molecule has 0 heterocycles. The molecule has 1 saturated carbocycles. The summed E-state index contributed by atoms with van der Waals surface area (Å²) in [5.41, 5.74) is 4.49. The zero-order chi connectivity index (χ0) is 26.0. The van der Waals surface area contributed by atoms with Crippen LogP contribution in [0.1, 0.15) is 55.5 Å². The van der Waals surface area contributed by atoms with E-state index in [1.165, 1.54) is 16.7 Å². The van der Waals surface area contributed by atoms with Gasteiger partial charge in [0.15, 0.2) is 0 Å². The van der Waals surface area contributed by atoms with Crippen molar-refractivity contribution >= 4 is 17.5 Å². The van der Waals surface area contributed by atoms with Gasteiger partial charge in [0.05, 0.1) is 11.1 Å². The smallest absolute Gasteiger partial charge is 0.251 e. The molecule has 0 aliphatic heterocycles. The van der Waals surface area contributed by atoms with E-state index in [0.717, 1.165) is 51.7 Å². The highest BCUT2D eigenvalue weighted by molar-refractivity contribution is 6.32. The van der Waals surface area contributed by atoms with E-state index in [2.05, 4.69) is 78.7 Å². The van der Waals surface area contributed by atoms with Crippen molar-refractivity contribution in [3.8, 4) is 16.9 Å². The number of benzene rings is 3. The van der Waals surface area contributed by atoms with E-state index >= 15 is 0 Å². The highest BCUT2D eigenvalue weighted by Gasteiger charge is 2.23. The van der Waals surface area contributed by atoms with Crippen molar-refractivity contribution in [2.75, 3.05) is 26.2 Å². The minimum atomic E-state index is -0.0992. The Labute approximate surface area is 227 Å². The predicted molar refractivity (Wildman–Crippen MR) is 154 cm³/mol. The van der Waals surface area contributed by atoms with Crippen molar-refractivity contribution < 1.29 is 9.53 Å². The van der Waals surface area contributed by atoms with Gasteiger partial charge in [0.25, 0.3) is 5.91 Å². The number of ether oxygens (including phenoxy) is 1. The lowest BCUT2D eigenvalue weighted by atomic mass is 9.83. The average Bonchev–Trinajstić information content (AvgIpc) is 2.94. The Hall–Kier alpha value is -2.82. The molecule has 0 bridgehead atoms. The molecule has 0 spiro atoms. The molecule has 1 N–H and O–H groups in total. The Morgan fingerprint density at radius 2 is 1.59 bits per heavy atom. The number of hydrogen-bond acceptors (Lipinski definition) is 3. The van der Waals surface area contributed by atoms with Gasteiger partial charge in [-0.15, -0.1) is 0 Å². The SMILES string of the molecule is CCN(CC)CCNC(=O)c1ccc(OC2CCC(Cc3ccc(-c4ccccc4)cc3)CC2)c(Cl)c1. The monoisotopic (exact) mass is 518 g/mol. The van der Waals surface area contributed by atoms with Gasteiger partial charge >= 0.3 is 0 Å². The van der Waals surface area contributed by atoms with E-state index in [9.17, 15) is 4.79 Å². The lowest BCUT2D eigenvalue weighted by Crippen LogP contribution is -2.34. The number of hydrogen-bond donors (Lipinski definition) is 1. The molecule has 1 amide bonds. The van der Waals surface area contributed by atoms with Crippen molar-refractivity contribution in [1.82, 2.24) is 10.2 Å². The van der Waals surface area contributed by atoms with Crippen LogP contribution in [-0.4, -0.2) is 43.1 Å². The first-order valence-corrected chi connectivity index (χ1v) is 14.0. The highest BCUT2D eigenvalue weighted by atomic mass is 35.5. The molecule has 0 radical (unpaired) electrons. The van der Waals surface area contributed by atoms with Crippen LogP contribution in [-0.2, 0) is 6.42 Å². The van der Waals surface area contributed by atoms with Crippen LogP contribution in [0.15, 0.2) is 72.8 Å². The average molecular weight is 519 g/mol. The standard InChI is InChI=1S/C32H39ClN2O2/c1-3-35(4-2)21-20-34-32(36)28-16-19-31(30(33)23-28)37-29-17-12-25(13-18-29)22-24-10-14-27(15-11-24)26-8-6-5-7-9-26/h5-11,14-16,19,23,25,29H,3-4,12-13,17-18,20-22H2,1-2H3,(H,34,36). The van der Waals surface area contributed by atoms with Gasteiger partial charge < -0.3 is 15.0 Å². The number of carbonyl (C=O) groups excluding carboxylic acids is 1. The molecule has 0 saturated heterocycles. The molecule has 0 atom stereocenters. The number of amides is 1. The van der Waals surface area contributed by atoms with Crippen molar-refractivity contribution in [3.05, 3.63) is 88.9 Å². The Morgan fingerprint density at radius 3 is 2.24 bits per heavy atom. The molecular weight excluding hydrogens is 480 g/mol. The molecule has 4 rings (SSSR count). The molecule has 1 fully saturated rings. The van der Waals surface area contributed by atoms with Gasteiger partial charge in [-0.1, -0.05) is 80.0 Å². The van der Waals surface area contributed by atoms with Crippen LogP contribution < -0.4 is 10.1 Å². The van der Waals surface area contributed by atoms with E-state index < -0.39 is 0 Å². The van der Waals surface area contributed by atoms with Crippen LogP contribution >= 0.6 is 11.6 Å². The Balaban J connectivity index is 1.22. The summed E-state index contributed by atoms with van der Waals surface area (Å²) in [4.78, 5) is 14.8. The van der Waals surface area contributed by atoms with E-state index in [1.807, 2.05) is 6.07 Å². The van der Waals surface area contributed by atoms with Gasteiger partial charge in [0.2, 0.25) is 0 Å². The molecule has 0 unspecified atom stereocenters. The second kappa shape index (κ2) is 13.6. The molecule has 5 heteroatoms. The van der Waals surface area contributed by atoms with E-state index in [0.29, 0.717) is 28.8 Å². The minimum Gasteiger partial charge on any atom is -0.489 e. The number of rotatable bonds is 11. The summed E-state index contributed by atoms with van der Waals surface area (Å²) < 4.78 is 6.26. The van der Waals surface area contributed by atoms with Crippen LogP contribution in [0.5, 0.6) is 5.75 Å². The summed E-state index contributed by atoms with van der Waals surface area (Å²) >= 11 is 6.50. The zero-order valence-corrected chi connectivity index (χ0v) is 22.8. The first-order valence-electron chi connectivity index (χ1n) is 13.7. The summed E-state index contributed by atoms with van der Waals surface area (Å²) in [5, 5.41) is 3.48. The number of likely N-dealkylation sites (N-methyl/N-ethyl adjacent to an activating group) is 1. The Morgan fingerprint density at radius 1 is 0.919 bits per heavy atom. The molecular formula is C32H39ClN2O2. The van der Waals surface area contributed by atoms with Gasteiger partial charge in [0, 0.05) is 18.7 Å². The summed E-state index contributed by atoms with van der Waals surface area (Å²) in [6.45, 7) is 7.68. The molecule has 37 heavy (non-hydrogen) atoms. The van der Waals surface area contributed by atoms with Gasteiger partial charge in [-0.3, -0.25) is 4.79 Å². The third kappa shape index (κ3) is 7.83. The molecule has 3 aromatic carbocycles. The Bertz CT molecular complexity index is 1120. The quantitative estimate of drug-likeness (QED) is 0.290. The maximum absolute atomic E-state index is 12.5. The topological polar surface area (TPSA) is 41.6 Å². The Kier molecular flexibility index (Phi) is 10.0. The first-order chi connectivity index (χ1) is 18.1. The summed E-state index contributed by atoms with van der Waals surface area (Å²) in [7, 11) is 0. The van der Waals surface area contributed by atoms with E-state index in [-0.39, 0.29) is 12.0 Å². The summed E-state index contributed by atoms with van der Waals surface area (Å²) in [6, 6.07) is 24.9. The van der Waals surface area contributed by atoms with Gasteiger partial charge in [-0.25, -0.2) is 0 Å². The molecule has 1 aliphatic carbocycles.